The maximum atomic E-state index is 12.0. The molecule has 1 N–H and O–H groups in total. The van der Waals surface area contributed by atoms with Crippen LogP contribution in [0.5, 0.6) is 5.75 Å². The molecule has 0 saturated heterocycles. The summed E-state index contributed by atoms with van der Waals surface area (Å²) in [6, 6.07) is 7.13. The van der Waals surface area contributed by atoms with E-state index in [-0.39, 0.29) is 11.7 Å². The molecule has 1 aromatic carbocycles. The second-order valence-electron chi connectivity index (χ2n) is 5.16. The number of nitrogens with zero attached hydrogens (tertiary/aromatic N) is 1. The van der Waals surface area contributed by atoms with Crippen molar-refractivity contribution in [3.05, 3.63) is 24.3 Å². The van der Waals surface area contributed by atoms with Crippen LogP contribution in [0, 0.1) is 5.92 Å². The number of carbonyl (C=O) groups is 1. The fourth-order valence-corrected chi connectivity index (χ4v) is 2.57. The molecule has 0 spiro atoms. The molecule has 0 heterocycles. The standard InChI is InChI=1S/C15H21NO2/c1-16(13-7-9-14(17)10-8-13)11-12-5-3-2-4-6-15(12)18/h7-10,12,17H,2-6,11H2,1H3. The number of phenolic OH excluding ortho intramolecular Hbond substituents is 1. The predicted octanol–water partition coefficient (Wildman–Crippen LogP) is 2.98. The van der Waals surface area contributed by atoms with E-state index in [1.807, 2.05) is 19.2 Å². The van der Waals surface area contributed by atoms with E-state index in [1.54, 1.807) is 12.1 Å². The summed E-state index contributed by atoms with van der Waals surface area (Å²) < 4.78 is 0. The van der Waals surface area contributed by atoms with Crippen molar-refractivity contribution in [3.8, 4) is 5.75 Å². The Morgan fingerprint density at radius 2 is 1.94 bits per heavy atom. The van der Waals surface area contributed by atoms with Crippen molar-refractivity contribution < 1.29 is 9.90 Å². The van der Waals surface area contributed by atoms with Gasteiger partial charge in [-0.15, -0.1) is 0 Å². The Hall–Kier alpha value is -1.51. The minimum Gasteiger partial charge on any atom is -0.508 e. The lowest BCUT2D eigenvalue weighted by molar-refractivity contribution is -0.122. The highest BCUT2D eigenvalue weighted by molar-refractivity contribution is 5.81. The van der Waals surface area contributed by atoms with Gasteiger partial charge < -0.3 is 10.0 Å². The van der Waals surface area contributed by atoms with E-state index >= 15 is 0 Å². The van der Waals surface area contributed by atoms with Gasteiger partial charge in [-0.25, -0.2) is 0 Å². The van der Waals surface area contributed by atoms with Gasteiger partial charge in [0, 0.05) is 31.6 Å². The molecule has 1 unspecified atom stereocenters. The van der Waals surface area contributed by atoms with E-state index < -0.39 is 0 Å². The van der Waals surface area contributed by atoms with Crippen molar-refractivity contribution in [2.75, 3.05) is 18.5 Å². The van der Waals surface area contributed by atoms with Crippen LogP contribution in [0.2, 0.25) is 0 Å². The topological polar surface area (TPSA) is 40.5 Å². The number of hydrogen-bond donors (Lipinski definition) is 1. The third-order valence-corrected chi connectivity index (χ3v) is 3.72. The van der Waals surface area contributed by atoms with Crippen LogP contribution in [-0.4, -0.2) is 24.5 Å². The number of rotatable bonds is 3. The van der Waals surface area contributed by atoms with Gasteiger partial charge in [-0.2, -0.15) is 0 Å². The molecule has 1 aromatic rings. The van der Waals surface area contributed by atoms with Crippen LogP contribution < -0.4 is 4.90 Å². The minimum atomic E-state index is 0.173. The van der Waals surface area contributed by atoms with Crippen molar-refractivity contribution in [1.82, 2.24) is 0 Å². The molecule has 1 atom stereocenters. The quantitative estimate of drug-likeness (QED) is 0.835. The Morgan fingerprint density at radius 3 is 2.67 bits per heavy atom. The van der Waals surface area contributed by atoms with Gasteiger partial charge in [0.2, 0.25) is 0 Å². The highest BCUT2D eigenvalue weighted by Crippen LogP contribution is 2.23. The van der Waals surface area contributed by atoms with Gasteiger partial charge in [0.25, 0.3) is 0 Å². The molecular weight excluding hydrogens is 226 g/mol. The van der Waals surface area contributed by atoms with Gasteiger partial charge in [0.1, 0.15) is 11.5 Å². The summed E-state index contributed by atoms with van der Waals surface area (Å²) in [5.41, 5.74) is 1.05. The van der Waals surface area contributed by atoms with Crippen LogP contribution in [-0.2, 0) is 4.79 Å². The van der Waals surface area contributed by atoms with Crippen LogP contribution in [0.4, 0.5) is 5.69 Å². The predicted molar refractivity (Wildman–Crippen MR) is 73.0 cm³/mol. The zero-order chi connectivity index (χ0) is 13.0. The van der Waals surface area contributed by atoms with E-state index in [9.17, 15) is 9.90 Å². The van der Waals surface area contributed by atoms with E-state index in [2.05, 4.69) is 4.90 Å². The van der Waals surface area contributed by atoms with Crippen LogP contribution in [0.15, 0.2) is 24.3 Å². The number of carbonyl (C=O) groups excluding carboxylic acids is 1. The average molecular weight is 247 g/mol. The normalized spacial score (nSPS) is 20.5. The second kappa shape index (κ2) is 5.89. The highest BCUT2D eigenvalue weighted by atomic mass is 16.3. The molecule has 3 nitrogen and oxygen atoms in total. The Balaban J connectivity index is 1.99. The van der Waals surface area contributed by atoms with Crippen molar-refractivity contribution in [3.63, 3.8) is 0 Å². The van der Waals surface area contributed by atoms with Gasteiger partial charge >= 0.3 is 0 Å². The number of hydrogen-bond acceptors (Lipinski definition) is 3. The first-order valence-corrected chi connectivity index (χ1v) is 6.69. The number of anilines is 1. The molecule has 1 fully saturated rings. The molecule has 1 saturated carbocycles. The Kier molecular flexibility index (Phi) is 4.24. The lowest BCUT2D eigenvalue weighted by atomic mass is 9.98. The fourth-order valence-electron chi connectivity index (χ4n) is 2.57. The smallest absolute Gasteiger partial charge is 0.137 e. The summed E-state index contributed by atoms with van der Waals surface area (Å²) in [6.45, 7) is 0.781. The van der Waals surface area contributed by atoms with Crippen molar-refractivity contribution in [2.24, 2.45) is 5.92 Å². The monoisotopic (exact) mass is 247 g/mol. The number of phenols is 1. The molecule has 0 aromatic heterocycles. The summed E-state index contributed by atoms with van der Waals surface area (Å²) in [5.74, 6) is 0.863. The third kappa shape index (κ3) is 3.25. The van der Waals surface area contributed by atoms with Gasteiger partial charge in [-0.1, -0.05) is 12.8 Å². The van der Waals surface area contributed by atoms with Crippen molar-refractivity contribution >= 4 is 11.5 Å². The van der Waals surface area contributed by atoms with Crippen molar-refractivity contribution in [1.29, 1.82) is 0 Å². The lowest BCUT2D eigenvalue weighted by Gasteiger charge is -2.24. The van der Waals surface area contributed by atoms with E-state index in [0.29, 0.717) is 5.78 Å². The summed E-state index contributed by atoms with van der Waals surface area (Å²) in [4.78, 5) is 14.1. The van der Waals surface area contributed by atoms with Crippen molar-refractivity contribution in [2.45, 2.75) is 32.1 Å². The molecule has 0 radical (unpaired) electrons. The maximum Gasteiger partial charge on any atom is 0.137 e. The first-order valence-electron chi connectivity index (χ1n) is 6.69. The molecule has 0 aliphatic heterocycles. The first-order chi connectivity index (χ1) is 8.66. The van der Waals surface area contributed by atoms with E-state index in [1.165, 1.54) is 12.8 Å². The summed E-state index contributed by atoms with van der Waals surface area (Å²) >= 11 is 0. The summed E-state index contributed by atoms with van der Waals surface area (Å²) in [7, 11) is 2.00. The molecule has 1 aliphatic rings. The SMILES string of the molecule is CN(CC1CCCCCC1=O)c1ccc(O)cc1. The number of Topliss-reactive ketones (excluding diaryl/α,β-unsaturated/α-hetero) is 1. The first kappa shape index (κ1) is 12.9. The molecule has 98 valence electrons. The van der Waals surface area contributed by atoms with E-state index in [0.717, 1.165) is 31.5 Å². The van der Waals surface area contributed by atoms with Gasteiger partial charge in [0.05, 0.1) is 0 Å². The van der Waals surface area contributed by atoms with Crippen LogP contribution in [0.1, 0.15) is 32.1 Å². The number of benzene rings is 1. The average Bonchev–Trinajstić information content (AvgIpc) is 2.56. The number of ketones is 1. The third-order valence-electron chi connectivity index (χ3n) is 3.72. The van der Waals surface area contributed by atoms with E-state index in [4.69, 9.17) is 0 Å². The molecule has 0 amide bonds. The molecule has 2 rings (SSSR count). The van der Waals surface area contributed by atoms with Crippen LogP contribution >= 0.6 is 0 Å². The molecule has 1 aliphatic carbocycles. The molecular formula is C15H21NO2. The second-order valence-corrected chi connectivity index (χ2v) is 5.16. The Morgan fingerprint density at radius 1 is 1.22 bits per heavy atom. The lowest BCUT2D eigenvalue weighted by Crippen LogP contribution is -2.29. The Bertz CT molecular complexity index is 399. The zero-order valence-corrected chi connectivity index (χ0v) is 10.9. The number of aromatic hydroxyl groups is 1. The molecule has 3 heteroatoms. The minimum absolute atomic E-state index is 0.173. The van der Waals surface area contributed by atoms with Gasteiger partial charge in [-0.05, 0) is 37.1 Å². The zero-order valence-electron chi connectivity index (χ0n) is 10.9. The fraction of sp³-hybridized carbons (Fsp3) is 0.533. The summed E-state index contributed by atoms with van der Waals surface area (Å²) in [6.07, 6.45) is 5.17. The van der Waals surface area contributed by atoms with Gasteiger partial charge in [0.15, 0.2) is 0 Å². The Labute approximate surface area is 108 Å². The highest BCUT2D eigenvalue weighted by Gasteiger charge is 2.22. The molecule has 18 heavy (non-hydrogen) atoms. The molecule has 0 bridgehead atoms. The van der Waals surface area contributed by atoms with Gasteiger partial charge in [-0.3, -0.25) is 4.79 Å². The van der Waals surface area contributed by atoms with Crippen LogP contribution in [0.3, 0.4) is 0 Å². The summed E-state index contributed by atoms with van der Waals surface area (Å²) in [5, 5.41) is 9.27. The van der Waals surface area contributed by atoms with Crippen LogP contribution in [0.25, 0.3) is 0 Å². The largest absolute Gasteiger partial charge is 0.508 e. The maximum absolute atomic E-state index is 12.0.